The van der Waals surface area contributed by atoms with Gasteiger partial charge >= 0.3 is 0 Å². The van der Waals surface area contributed by atoms with E-state index >= 15 is 0 Å². The van der Waals surface area contributed by atoms with Crippen LogP contribution < -0.4 is 10.6 Å². The van der Waals surface area contributed by atoms with Crippen LogP contribution in [0.25, 0.3) is 0 Å². The first-order valence-corrected chi connectivity index (χ1v) is 10.0. The van der Waals surface area contributed by atoms with E-state index in [2.05, 4.69) is 10.6 Å². The van der Waals surface area contributed by atoms with Crippen molar-refractivity contribution in [3.8, 4) is 0 Å². The Morgan fingerprint density at radius 1 is 1.16 bits per heavy atom. The average molecular weight is 378 g/mol. The molecule has 0 radical (unpaired) electrons. The van der Waals surface area contributed by atoms with Gasteiger partial charge in [-0.25, -0.2) is 0 Å². The molecular weight excluding hydrogens is 354 g/mol. The lowest BCUT2D eigenvalue weighted by atomic mass is 10.2. The second kappa shape index (κ2) is 9.60. The smallest absolute Gasteiger partial charge is 0.238 e. The number of nitrogens with zero attached hydrogens (tertiary/aromatic N) is 1. The van der Waals surface area contributed by atoms with Crippen molar-refractivity contribution in [1.29, 1.82) is 0 Å². The Morgan fingerprint density at radius 2 is 1.88 bits per heavy atom. The fourth-order valence-corrected chi connectivity index (χ4v) is 3.67. The van der Waals surface area contributed by atoms with Crippen LogP contribution in [0.1, 0.15) is 17.8 Å². The normalized spacial score (nSPS) is 12.0. The Labute approximate surface area is 156 Å². The fourth-order valence-electron chi connectivity index (χ4n) is 2.38. The van der Waals surface area contributed by atoms with E-state index in [0.29, 0.717) is 0 Å². The lowest BCUT2D eigenvalue weighted by Crippen LogP contribution is -2.39. The van der Waals surface area contributed by atoms with E-state index in [9.17, 15) is 9.59 Å². The Kier molecular flexibility index (Phi) is 7.49. The predicted molar refractivity (Wildman–Crippen MR) is 105 cm³/mol. The lowest BCUT2D eigenvalue weighted by molar-refractivity contribution is -0.123. The molecule has 0 spiro atoms. The van der Waals surface area contributed by atoms with Gasteiger partial charge in [-0.3, -0.25) is 14.5 Å². The standard InChI is InChI=1S/C18H23N3O2S2/c1-13(15-9-6-10-25-15)19-17(22)11-21(2)12-18(23)20-14-7-4-5-8-16(14)24-3/h4-10,13H,11-12H2,1-3H3,(H,19,22)(H,20,23)/t13-/m1/s1. The van der Waals surface area contributed by atoms with Gasteiger partial charge in [0, 0.05) is 9.77 Å². The van der Waals surface area contributed by atoms with Crippen molar-refractivity contribution in [2.24, 2.45) is 0 Å². The van der Waals surface area contributed by atoms with Crippen molar-refractivity contribution in [2.75, 3.05) is 31.7 Å². The van der Waals surface area contributed by atoms with E-state index in [0.717, 1.165) is 15.5 Å². The summed E-state index contributed by atoms with van der Waals surface area (Å²) in [5.74, 6) is -0.233. The van der Waals surface area contributed by atoms with Gasteiger partial charge in [-0.1, -0.05) is 18.2 Å². The van der Waals surface area contributed by atoms with Gasteiger partial charge in [0.2, 0.25) is 11.8 Å². The lowest BCUT2D eigenvalue weighted by Gasteiger charge is -2.18. The van der Waals surface area contributed by atoms with Crippen molar-refractivity contribution < 1.29 is 9.59 Å². The first-order chi connectivity index (χ1) is 12.0. The van der Waals surface area contributed by atoms with Crippen LogP contribution in [0.5, 0.6) is 0 Å². The highest BCUT2D eigenvalue weighted by atomic mass is 32.2. The molecule has 25 heavy (non-hydrogen) atoms. The molecule has 1 heterocycles. The molecule has 0 unspecified atom stereocenters. The third kappa shape index (κ3) is 6.19. The number of para-hydroxylation sites is 1. The van der Waals surface area contributed by atoms with Crippen LogP contribution in [0, 0.1) is 0 Å². The Balaban J connectivity index is 1.79. The van der Waals surface area contributed by atoms with Crippen molar-refractivity contribution in [3.05, 3.63) is 46.7 Å². The van der Waals surface area contributed by atoms with Gasteiger partial charge in [0.1, 0.15) is 0 Å². The number of carbonyl (C=O) groups is 2. The maximum absolute atomic E-state index is 12.2. The third-order valence-electron chi connectivity index (χ3n) is 3.56. The number of thioether (sulfide) groups is 1. The summed E-state index contributed by atoms with van der Waals surface area (Å²) in [6.45, 7) is 2.28. The average Bonchev–Trinajstić information content (AvgIpc) is 3.09. The molecule has 7 heteroatoms. The molecule has 0 saturated carbocycles. The van der Waals surface area contributed by atoms with E-state index < -0.39 is 0 Å². The molecule has 0 aliphatic carbocycles. The molecule has 1 atom stereocenters. The third-order valence-corrected chi connectivity index (χ3v) is 5.41. The summed E-state index contributed by atoms with van der Waals surface area (Å²) in [6.07, 6.45) is 1.97. The molecule has 2 aromatic rings. The molecule has 0 fully saturated rings. The van der Waals surface area contributed by atoms with Gasteiger partial charge in [-0.05, 0) is 43.8 Å². The van der Waals surface area contributed by atoms with Crippen LogP contribution in [-0.4, -0.2) is 43.1 Å². The Morgan fingerprint density at radius 3 is 2.56 bits per heavy atom. The Hall–Kier alpha value is -1.83. The number of hydrogen-bond acceptors (Lipinski definition) is 5. The summed E-state index contributed by atoms with van der Waals surface area (Å²) < 4.78 is 0. The summed E-state index contributed by atoms with van der Waals surface area (Å²) in [5.41, 5.74) is 0.796. The van der Waals surface area contributed by atoms with Gasteiger partial charge in [-0.2, -0.15) is 0 Å². The van der Waals surface area contributed by atoms with Crippen molar-refractivity contribution in [3.63, 3.8) is 0 Å². The largest absolute Gasteiger partial charge is 0.348 e. The minimum atomic E-state index is -0.136. The molecule has 5 nitrogen and oxygen atoms in total. The number of nitrogens with one attached hydrogen (secondary N) is 2. The van der Waals surface area contributed by atoms with Crippen molar-refractivity contribution >= 4 is 40.6 Å². The maximum Gasteiger partial charge on any atom is 0.238 e. The second-order valence-electron chi connectivity index (χ2n) is 5.73. The molecule has 2 N–H and O–H groups in total. The monoisotopic (exact) mass is 377 g/mol. The molecule has 134 valence electrons. The van der Waals surface area contributed by atoms with Crippen LogP contribution in [0.4, 0.5) is 5.69 Å². The zero-order valence-corrected chi connectivity index (χ0v) is 16.2. The van der Waals surface area contributed by atoms with E-state index in [1.54, 1.807) is 35.0 Å². The maximum atomic E-state index is 12.2. The van der Waals surface area contributed by atoms with Crippen LogP contribution >= 0.6 is 23.1 Å². The van der Waals surface area contributed by atoms with E-state index in [-0.39, 0.29) is 30.9 Å². The Bertz CT molecular complexity index is 704. The van der Waals surface area contributed by atoms with Crippen LogP contribution in [0.15, 0.2) is 46.7 Å². The predicted octanol–water partition coefficient (Wildman–Crippen LogP) is 3.22. The summed E-state index contributed by atoms with van der Waals surface area (Å²) in [7, 11) is 1.76. The molecule has 2 rings (SSSR count). The van der Waals surface area contributed by atoms with E-state index in [4.69, 9.17) is 0 Å². The SMILES string of the molecule is CSc1ccccc1NC(=O)CN(C)CC(=O)N[C@H](C)c1cccs1. The molecular formula is C18H23N3O2S2. The number of hydrogen-bond donors (Lipinski definition) is 2. The van der Waals surface area contributed by atoms with Crippen LogP contribution in [-0.2, 0) is 9.59 Å². The number of likely N-dealkylation sites (N-methyl/N-ethyl adjacent to an activating group) is 1. The highest BCUT2D eigenvalue weighted by Gasteiger charge is 2.14. The fraction of sp³-hybridized carbons (Fsp3) is 0.333. The second-order valence-corrected chi connectivity index (χ2v) is 7.55. The minimum Gasteiger partial charge on any atom is -0.348 e. The molecule has 1 aromatic heterocycles. The van der Waals surface area contributed by atoms with Gasteiger partial charge in [0.05, 0.1) is 24.8 Å². The number of benzene rings is 1. The molecule has 0 aliphatic heterocycles. The molecule has 0 saturated heterocycles. The number of rotatable bonds is 8. The number of carbonyl (C=O) groups excluding carboxylic acids is 2. The number of thiophene rings is 1. The van der Waals surface area contributed by atoms with Gasteiger partial charge < -0.3 is 10.6 Å². The van der Waals surface area contributed by atoms with Gasteiger partial charge in [0.15, 0.2) is 0 Å². The van der Waals surface area contributed by atoms with E-state index in [1.807, 2.05) is 55.0 Å². The summed E-state index contributed by atoms with van der Waals surface area (Å²) in [4.78, 5) is 28.1. The topological polar surface area (TPSA) is 61.4 Å². The molecule has 1 aromatic carbocycles. The van der Waals surface area contributed by atoms with Gasteiger partial charge in [-0.15, -0.1) is 23.1 Å². The molecule has 0 bridgehead atoms. The quantitative estimate of drug-likeness (QED) is 0.694. The van der Waals surface area contributed by atoms with Crippen LogP contribution in [0.3, 0.4) is 0 Å². The van der Waals surface area contributed by atoms with Gasteiger partial charge in [0.25, 0.3) is 0 Å². The van der Waals surface area contributed by atoms with E-state index in [1.165, 1.54) is 0 Å². The first-order valence-electron chi connectivity index (χ1n) is 7.93. The summed E-state index contributed by atoms with van der Waals surface area (Å²) in [6, 6.07) is 11.6. The highest BCUT2D eigenvalue weighted by Crippen LogP contribution is 2.24. The first kappa shape index (κ1) is 19.5. The summed E-state index contributed by atoms with van der Waals surface area (Å²) >= 11 is 3.19. The molecule has 2 amide bonds. The summed E-state index contributed by atoms with van der Waals surface area (Å²) in [5, 5.41) is 7.83. The van der Waals surface area contributed by atoms with Crippen molar-refractivity contribution in [2.45, 2.75) is 17.9 Å². The van der Waals surface area contributed by atoms with Crippen molar-refractivity contribution in [1.82, 2.24) is 10.2 Å². The molecule has 0 aliphatic rings. The van der Waals surface area contributed by atoms with Crippen LogP contribution in [0.2, 0.25) is 0 Å². The number of amides is 2. The number of anilines is 1. The zero-order chi connectivity index (χ0) is 18.2. The minimum absolute atomic E-state index is 0.0248. The zero-order valence-electron chi connectivity index (χ0n) is 14.6. The highest BCUT2D eigenvalue weighted by molar-refractivity contribution is 7.98.